The average Bonchev–Trinajstić information content (AvgIpc) is 2.73. The summed E-state index contributed by atoms with van der Waals surface area (Å²) in [5.41, 5.74) is 1.62. The highest BCUT2D eigenvalue weighted by molar-refractivity contribution is 5.94. The van der Waals surface area contributed by atoms with Gasteiger partial charge in [-0.15, -0.1) is 0 Å². The molecule has 8 nitrogen and oxygen atoms in total. The molecule has 156 valence electrons. The van der Waals surface area contributed by atoms with Crippen molar-refractivity contribution in [3.8, 4) is 22.9 Å². The van der Waals surface area contributed by atoms with Gasteiger partial charge in [-0.3, -0.25) is 14.6 Å². The van der Waals surface area contributed by atoms with Crippen LogP contribution in [0.1, 0.15) is 25.1 Å². The third-order valence-electron chi connectivity index (χ3n) is 4.33. The molecule has 0 atom stereocenters. The van der Waals surface area contributed by atoms with Crippen LogP contribution in [0.25, 0.3) is 11.4 Å². The van der Waals surface area contributed by atoms with E-state index >= 15 is 0 Å². The first-order chi connectivity index (χ1) is 14.5. The molecule has 2 N–H and O–H groups in total. The van der Waals surface area contributed by atoms with Crippen LogP contribution in [-0.2, 0) is 11.2 Å². The van der Waals surface area contributed by atoms with Crippen LogP contribution in [0.2, 0.25) is 0 Å². The van der Waals surface area contributed by atoms with E-state index in [-0.39, 0.29) is 17.9 Å². The molecular weight excluding hydrogens is 384 g/mol. The molecule has 0 radical (unpaired) electrons. The lowest BCUT2D eigenvalue weighted by Crippen LogP contribution is -2.24. The summed E-state index contributed by atoms with van der Waals surface area (Å²) < 4.78 is 11.1. The Morgan fingerprint density at radius 2 is 1.97 bits per heavy atom. The molecule has 0 aliphatic rings. The molecule has 8 heteroatoms. The number of hydrogen-bond donors (Lipinski definition) is 2. The Labute approximate surface area is 174 Å². The summed E-state index contributed by atoms with van der Waals surface area (Å²) in [6.45, 7) is 6.41. The van der Waals surface area contributed by atoms with Crippen LogP contribution in [0.15, 0.2) is 47.5 Å². The number of nitrogens with one attached hydrogen (secondary N) is 2. The highest BCUT2D eigenvalue weighted by Crippen LogP contribution is 2.29. The molecule has 3 rings (SSSR count). The topological polar surface area (TPSA) is 106 Å². The van der Waals surface area contributed by atoms with Gasteiger partial charge in [0.05, 0.1) is 25.3 Å². The number of amides is 1. The zero-order valence-electron chi connectivity index (χ0n) is 17.2. The van der Waals surface area contributed by atoms with Gasteiger partial charge in [0.15, 0.2) is 0 Å². The molecule has 0 unspecified atom stereocenters. The molecule has 2 aromatic heterocycles. The Kier molecular flexibility index (Phi) is 6.79. The van der Waals surface area contributed by atoms with Crippen molar-refractivity contribution in [2.45, 2.75) is 27.2 Å². The molecular formula is C22H24N4O4. The molecule has 0 aliphatic carbocycles. The van der Waals surface area contributed by atoms with Gasteiger partial charge in [0.2, 0.25) is 5.91 Å². The molecule has 1 aromatic carbocycles. The minimum absolute atomic E-state index is 0.119. The van der Waals surface area contributed by atoms with Crippen LogP contribution in [0.5, 0.6) is 11.5 Å². The zero-order chi connectivity index (χ0) is 21.5. The second-order valence-corrected chi connectivity index (χ2v) is 6.47. The van der Waals surface area contributed by atoms with Crippen LogP contribution in [0.3, 0.4) is 0 Å². The standard InChI is InChI=1S/C22H24N4O4/c1-4-29-16-8-9-19(30-5-2)18(11-16)25-20(27)12-17-14(3)24-21(26-22(17)28)15-7-6-10-23-13-15/h6-11,13H,4-5,12H2,1-3H3,(H,25,27)(H,24,26,28). The average molecular weight is 408 g/mol. The van der Waals surface area contributed by atoms with Crippen molar-refractivity contribution >= 4 is 11.6 Å². The second kappa shape index (κ2) is 9.69. The van der Waals surface area contributed by atoms with Crippen molar-refractivity contribution in [3.63, 3.8) is 0 Å². The van der Waals surface area contributed by atoms with E-state index < -0.39 is 0 Å². The largest absolute Gasteiger partial charge is 0.494 e. The Bertz CT molecular complexity index is 1080. The molecule has 0 aliphatic heterocycles. The first-order valence-electron chi connectivity index (χ1n) is 9.71. The normalized spacial score (nSPS) is 10.5. The third kappa shape index (κ3) is 5.02. The lowest BCUT2D eigenvalue weighted by molar-refractivity contribution is -0.115. The number of hydrogen-bond acceptors (Lipinski definition) is 6. The number of aromatic amines is 1. The van der Waals surface area contributed by atoms with Gasteiger partial charge in [0, 0.05) is 35.3 Å². The highest BCUT2D eigenvalue weighted by atomic mass is 16.5. The fraction of sp³-hybridized carbons (Fsp3) is 0.273. The summed E-state index contributed by atoms with van der Waals surface area (Å²) in [7, 11) is 0. The summed E-state index contributed by atoms with van der Waals surface area (Å²) in [5.74, 6) is 1.21. The van der Waals surface area contributed by atoms with Gasteiger partial charge in [0.25, 0.3) is 5.56 Å². The Hall–Kier alpha value is -3.68. The maximum Gasteiger partial charge on any atom is 0.255 e. The number of nitrogens with zero attached hydrogens (tertiary/aromatic N) is 2. The Balaban J connectivity index is 1.81. The number of ether oxygens (including phenoxy) is 2. The van der Waals surface area contributed by atoms with Gasteiger partial charge in [-0.1, -0.05) is 0 Å². The fourth-order valence-corrected chi connectivity index (χ4v) is 2.96. The molecule has 0 bridgehead atoms. The van der Waals surface area contributed by atoms with E-state index in [0.717, 1.165) is 0 Å². The van der Waals surface area contributed by atoms with Gasteiger partial charge in [-0.2, -0.15) is 0 Å². The predicted octanol–water partition coefficient (Wildman–Crippen LogP) is 3.12. The number of aromatic nitrogens is 3. The molecule has 30 heavy (non-hydrogen) atoms. The zero-order valence-corrected chi connectivity index (χ0v) is 17.2. The summed E-state index contributed by atoms with van der Waals surface area (Å²) in [5, 5.41) is 2.81. The van der Waals surface area contributed by atoms with Crippen molar-refractivity contribution in [2.75, 3.05) is 18.5 Å². The van der Waals surface area contributed by atoms with Gasteiger partial charge in [0.1, 0.15) is 17.3 Å². The summed E-state index contributed by atoms with van der Waals surface area (Å²) >= 11 is 0. The van der Waals surface area contributed by atoms with Gasteiger partial charge < -0.3 is 19.8 Å². The minimum atomic E-state index is -0.357. The second-order valence-electron chi connectivity index (χ2n) is 6.47. The number of benzene rings is 1. The van der Waals surface area contributed by atoms with Crippen molar-refractivity contribution in [2.24, 2.45) is 0 Å². The number of carbonyl (C=O) groups is 1. The number of rotatable bonds is 8. The SMILES string of the molecule is CCOc1ccc(OCC)c(NC(=O)Cc2c(C)nc(-c3cccnc3)[nH]c2=O)c1. The number of anilines is 1. The quantitative estimate of drug-likeness (QED) is 0.593. The van der Waals surface area contributed by atoms with E-state index in [4.69, 9.17) is 9.47 Å². The summed E-state index contributed by atoms with van der Waals surface area (Å²) in [4.78, 5) is 36.5. The molecule has 0 saturated heterocycles. The van der Waals surface area contributed by atoms with Crippen LogP contribution >= 0.6 is 0 Å². The van der Waals surface area contributed by atoms with E-state index in [9.17, 15) is 9.59 Å². The van der Waals surface area contributed by atoms with Crippen molar-refractivity contribution in [3.05, 3.63) is 64.3 Å². The maximum atomic E-state index is 12.7. The van der Waals surface area contributed by atoms with Crippen LogP contribution in [0, 0.1) is 6.92 Å². The van der Waals surface area contributed by atoms with E-state index in [0.29, 0.717) is 53.0 Å². The van der Waals surface area contributed by atoms with Crippen molar-refractivity contribution < 1.29 is 14.3 Å². The van der Waals surface area contributed by atoms with Crippen LogP contribution in [-0.4, -0.2) is 34.1 Å². The van der Waals surface area contributed by atoms with E-state index in [2.05, 4.69) is 20.3 Å². The van der Waals surface area contributed by atoms with E-state index in [1.807, 2.05) is 13.8 Å². The van der Waals surface area contributed by atoms with Crippen molar-refractivity contribution in [1.29, 1.82) is 0 Å². The molecule has 0 fully saturated rings. The van der Waals surface area contributed by atoms with E-state index in [1.54, 1.807) is 49.6 Å². The third-order valence-corrected chi connectivity index (χ3v) is 4.33. The molecule has 2 heterocycles. The number of aryl methyl sites for hydroxylation is 1. The number of pyridine rings is 1. The monoisotopic (exact) mass is 408 g/mol. The molecule has 3 aromatic rings. The predicted molar refractivity (Wildman–Crippen MR) is 114 cm³/mol. The minimum Gasteiger partial charge on any atom is -0.494 e. The first kappa shape index (κ1) is 21.0. The van der Waals surface area contributed by atoms with Gasteiger partial charge >= 0.3 is 0 Å². The maximum absolute atomic E-state index is 12.7. The summed E-state index contributed by atoms with van der Waals surface area (Å²) in [6, 6.07) is 8.79. The highest BCUT2D eigenvalue weighted by Gasteiger charge is 2.16. The van der Waals surface area contributed by atoms with Crippen LogP contribution < -0.4 is 20.3 Å². The summed E-state index contributed by atoms with van der Waals surface area (Å²) in [6.07, 6.45) is 3.14. The molecule has 1 amide bonds. The van der Waals surface area contributed by atoms with Crippen molar-refractivity contribution in [1.82, 2.24) is 15.0 Å². The lowest BCUT2D eigenvalue weighted by atomic mass is 10.1. The van der Waals surface area contributed by atoms with E-state index in [1.165, 1.54) is 0 Å². The molecule has 0 saturated carbocycles. The first-order valence-corrected chi connectivity index (χ1v) is 9.71. The fourth-order valence-electron chi connectivity index (χ4n) is 2.96. The number of carbonyl (C=O) groups excluding carboxylic acids is 1. The Morgan fingerprint density at radius 1 is 1.17 bits per heavy atom. The lowest BCUT2D eigenvalue weighted by Gasteiger charge is -2.14. The van der Waals surface area contributed by atoms with Crippen LogP contribution in [0.4, 0.5) is 5.69 Å². The van der Waals surface area contributed by atoms with Gasteiger partial charge in [-0.25, -0.2) is 4.98 Å². The molecule has 0 spiro atoms. The van der Waals surface area contributed by atoms with Gasteiger partial charge in [-0.05, 0) is 45.0 Å². The number of H-pyrrole nitrogens is 1. The smallest absolute Gasteiger partial charge is 0.255 e. The Morgan fingerprint density at radius 3 is 2.63 bits per heavy atom.